The third kappa shape index (κ3) is 2.86. The molecule has 5 heteroatoms. The Morgan fingerprint density at radius 3 is 1.52 bits per heavy atom. The van der Waals surface area contributed by atoms with Crippen LogP contribution in [-0.4, -0.2) is 11.9 Å². The van der Waals surface area contributed by atoms with Gasteiger partial charge in [0, 0.05) is 11.4 Å². The van der Waals surface area contributed by atoms with Gasteiger partial charge in [0.2, 0.25) is 0 Å². The molecule has 0 amide bonds. The normalized spacial score (nSPS) is 10.2. The highest BCUT2D eigenvalue weighted by atomic mass is 16.6. The Hall–Kier alpha value is -2.82. The highest BCUT2D eigenvalue weighted by Crippen LogP contribution is 2.21. The molecule has 21 heavy (non-hydrogen) atoms. The van der Waals surface area contributed by atoms with E-state index in [0.717, 1.165) is 0 Å². The minimum absolute atomic E-state index is 0.193. The van der Waals surface area contributed by atoms with Crippen molar-refractivity contribution in [3.63, 3.8) is 0 Å². The Morgan fingerprint density at radius 1 is 0.810 bits per heavy atom. The van der Waals surface area contributed by atoms with Crippen molar-refractivity contribution in [1.29, 1.82) is 0 Å². The maximum absolute atomic E-state index is 12.1. The predicted molar refractivity (Wildman–Crippen MR) is 80.9 cm³/mol. The minimum atomic E-state index is -0.779. The van der Waals surface area contributed by atoms with Gasteiger partial charge in [0.25, 0.3) is 0 Å². The summed E-state index contributed by atoms with van der Waals surface area (Å²) in [6, 6.07) is 10.1. The molecule has 0 saturated heterocycles. The first-order valence-corrected chi connectivity index (χ1v) is 6.38. The van der Waals surface area contributed by atoms with Crippen LogP contribution in [0.1, 0.15) is 31.8 Å². The zero-order valence-corrected chi connectivity index (χ0v) is 11.8. The van der Waals surface area contributed by atoms with Crippen LogP contribution in [0.5, 0.6) is 0 Å². The third-order valence-corrected chi connectivity index (χ3v) is 3.20. The van der Waals surface area contributed by atoms with Gasteiger partial charge in [-0.2, -0.15) is 0 Å². The zero-order valence-electron chi connectivity index (χ0n) is 11.8. The van der Waals surface area contributed by atoms with E-state index in [0.29, 0.717) is 11.1 Å². The molecular weight excluding hydrogens is 268 g/mol. The van der Waals surface area contributed by atoms with Crippen LogP contribution in [0, 0.1) is 13.8 Å². The molecule has 108 valence electrons. The number of nitrogen functional groups attached to an aromatic ring is 2. The molecule has 2 aromatic carbocycles. The average molecular weight is 284 g/mol. The Morgan fingerprint density at radius 2 is 1.19 bits per heavy atom. The summed E-state index contributed by atoms with van der Waals surface area (Å²) in [6.07, 6.45) is 0. The van der Waals surface area contributed by atoms with Crippen LogP contribution >= 0.6 is 0 Å². The SMILES string of the molecule is Cc1cccc(N)c1C(=O)OC(=O)c1c(C)cccc1N. The fraction of sp³-hybridized carbons (Fsp3) is 0.125. The van der Waals surface area contributed by atoms with Gasteiger partial charge in [-0.15, -0.1) is 0 Å². The molecule has 0 aliphatic heterocycles. The minimum Gasteiger partial charge on any atom is -0.398 e. The summed E-state index contributed by atoms with van der Waals surface area (Å²) in [5.41, 5.74) is 13.7. The Balaban J connectivity index is 2.30. The number of benzene rings is 2. The fourth-order valence-corrected chi connectivity index (χ4v) is 2.12. The van der Waals surface area contributed by atoms with Crippen molar-refractivity contribution in [3.8, 4) is 0 Å². The van der Waals surface area contributed by atoms with Crippen LogP contribution in [-0.2, 0) is 4.74 Å². The molecular formula is C16H16N2O3. The highest BCUT2D eigenvalue weighted by Gasteiger charge is 2.21. The molecule has 0 atom stereocenters. The van der Waals surface area contributed by atoms with E-state index in [1.807, 2.05) is 0 Å². The highest BCUT2D eigenvalue weighted by molar-refractivity contribution is 6.07. The van der Waals surface area contributed by atoms with Crippen LogP contribution in [0.3, 0.4) is 0 Å². The van der Waals surface area contributed by atoms with Crippen LogP contribution in [0.4, 0.5) is 11.4 Å². The quantitative estimate of drug-likeness (QED) is 0.502. The molecule has 0 fully saturated rings. The molecule has 0 aliphatic rings. The van der Waals surface area contributed by atoms with Crippen LogP contribution < -0.4 is 11.5 Å². The Labute approximate surface area is 122 Å². The molecule has 0 bridgehead atoms. The fourth-order valence-electron chi connectivity index (χ4n) is 2.12. The van der Waals surface area contributed by atoms with E-state index in [2.05, 4.69) is 0 Å². The summed E-state index contributed by atoms with van der Waals surface area (Å²) >= 11 is 0. The van der Waals surface area contributed by atoms with Gasteiger partial charge in [-0.05, 0) is 37.1 Å². The van der Waals surface area contributed by atoms with E-state index in [1.54, 1.807) is 50.2 Å². The maximum atomic E-state index is 12.1. The first-order chi connectivity index (χ1) is 9.91. The number of carbonyl (C=O) groups excluding carboxylic acids is 2. The van der Waals surface area contributed by atoms with Crippen LogP contribution in [0.2, 0.25) is 0 Å². The van der Waals surface area contributed by atoms with E-state index >= 15 is 0 Å². The second-order valence-corrected chi connectivity index (χ2v) is 4.76. The van der Waals surface area contributed by atoms with Crippen molar-refractivity contribution < 1.29 is 14.3 Å². The van der Waals surface area contributed by atoms with Gasteiger partial charge in [0.1, 0.15) is 0 Å². The monoisotopic (exact) mass is 284 g/mol. The maximum Gasteiger partial charge on any atom is 0.348 e. The Bertz CT molecular complexity index is 621. The molecule has 0 aliphatic carbocycles. The second kappa shape index (κ2) is 5.66. The number of nitrogens with two attached hydrogens (primary N) is 2. The first-order valence-electron chi connectivity index (χ1n) is 6.38. The topological polar surface area (TPSA) is 95.4 Å². The molecule has 0 heterocycles. The number of carbonyl (C=O) groups is 2. The van der Waals surface area contributed by atoms with Gasteiger partial charge in [-0.25, -0.2) is 9.59 Å². The van der Waals surface area contributed by atoms with E-state index in [9.17, 15) is 9.59 Å². The molecule has 0 spiro atoms. The molecule has 4 N–H and O–H groups in total. The van der Waals surface area contributed by atoms with E-state index < -0.39 is 11.9 Å². The lowest BCUT2D eigenvalue weighted by Crippen LogP contribution is -2.17. The second-order valence-electron chi connectivity index (χ2n) is 4.76. The van der Waals surface area contributed by atoms with E-state index in [1.165, 1.54) is 0 Å². The smallest absolute Gasteiger partial charge is 0.348 e. The Kier molecular flexibility index (Phi) is 3.93. The lowest BCUT2D eigenvalue weighted by Gasteiger charge is -2.10. The van der Waals surface area contributed by atoms with Crippen molar-refractivity contribution >= 4 is 23.3 Å². The largest absolute Gasteiger partial charge is 0.398 e. The summed E-state index contributed by atoms with van der Waals surface area (Å²) in [5.74, 6) is -1.56. The van der Waals surface area contributed by atoms with Crippen molar-refractivity contribution in [1.82, 2.24) is 0 Å². The summed E-state index contributed by atoms with van der Waals surface area (Å²) in [4.78, 5) is 24.3. The van der Waals surface area contributed by atoms with Crippen molar-refractivity contribution in [3.05, 3.63) is 58.7 Å². The van der Waals surface area contributed by atoms with Gasteiger partial charge in [-0.1, -0.05) is 24.3 Å². The molecule has 2 aromatic rings. The molecule has 0 unspecified atom stereocenters. The van der Waals surface area contributed by atoms with Crippen LogP contribution in [0.15, 0.2) is 36.4 Å². The number of aryl methyl sites for hydroxylation is 2. The lowest BCUT2D eigenvalue weighted by molar-refractivity contribution is 0.0398. The number of rotatable bonds is 2. The first kappa shape index (κ1) is 14.6. The average Bonchev–Trinajstić information content (AvgIpc) is 2.38. The summed E-state index contributed by atoms with van der Waals surface area (Å²) in [7, 11) is 0. The summed E-state index contributed by atoms with van der Waals surface area (Å²) in [6.45, 7) is 3.44. The molecule has 0 radical (unpaired) electrons. The summed E-state index contributed by atoms with van der Waals surface area (Å²) in [5, 5.41) is 0. The van der Waals surface area contributed by atoms with Gasteiger partial charge < -0.3 is 16.2 Å². The summed E-state index contributed by atoms with van der Waals surface area (Å²) < 4.78 is 4.91. The number of esters is 2. The number of ether oxygens (including phenoxy) is 1. The lowest BCUT2D eigenvalue weighted by atomic mass is 10.1. The molecule has 0 aromatic heterocycles. The number of anilines is 2. The predicted octanol–water partition coefficient (Wildman–Crippen LogP) is 2.47. The van der Waals surface area contributed by atoms with Crippen molar-refractivity contribution in [2.75, 3.05) is 11.5 Å². The van der Waals surface area contributed by atoms with Gasteiger partial charge >= 0.3 is 11.9 Å². The molecule has 0 saturated carbocycles. The van der Waals surface area contributed by atoms with Gasteiger partial charge in [0.15, 0.2) is 0 Å². The third-order valence-electron chi connectivity index (χ3n) is 3.20. The number of hydrogen-bond acceptors (Lipinski definition) is 5. The van der Waals surface area contributed by atoms with Crippen molar-refractivity contribution in [2.24, 2.45) is 0 Å². The molecule has 5 nitrogen and oxygen atoms in total. The standard InChI is InChI=1S/C16H16N2O3/c1-9-5-3-7-11(17)13(9)15(19)21-16(20)14-10(2)6-4-8-12(14)18/h3-8H,17-18H2,1-2H3. The van der Waals surface area contributed by atoms with Crippen LogP contribution in [0.25, 0.3) is 0 Å². The van der Waals surface area contributed by atoms with E-state index in [-0.39, 0.29) is 22.5 Å². The zero-order chi connectivity index (χ0) is 15.6. The number of hydrogen-bond donors (Lipinski definition) is 2. The van der Waals surface area contributed by atoms with Gasteiger partial charge in [-0.3, -0.25) is 0 Å². The molecule has 2 rings (SSSR count). The van der Waals surface area contributed by atoms with E-state index in [4.69, 9.17) is 16.2 Å². The van der Waals surface area contributed by atoms with Crippen molar-refractivity contribution in [2.45, 2.75) is 13.8 Å². The van der Waals surface area contributed by atoms with Gasteiger partial charge in [0.05, 0.1) is 11.1 Å².